The molecule has 4 rings (SSSR count). The summed E-state index contributed by atoms with van der Waals surface area (Å²) in [6.45, 7) is 2.97. The van der Waals surface area contributed by atoms with Gasteiger partial charge in [-0.25, -0.2) is 13.1 Å². The van der Waals surface area contributed by atoms with E-state index in [0.29, 0.717) is 11.5 Å². The van der Waals surface area contributed by atoms with Crippen molar-refractivity contribution in [3.8, 4) is 0 Å². The topological polar surface area (TPSA) is 75.4 Å². The van der Waals surface area contributed by atoms with Crippen LogP contribution in [0.1, 0.15) is 18.4 Å². The summed E-state index contributed by atoms with van der Waals surface area (Å²) in [4.78, 5) is 2.75. The second kappa shape index (κ2) is 5.64. The Bertz CT molecular complexity index is 652. The Morgan fingerprint density at radius 3 is 2.62 bits per heavy atom. The van der Waals surface area contributed by atoms with Crippen molar-refractivity contribution in [3.05, 3.63) is 29.8 Å². The molecule has 1 atom stereocenters. The monoisotopic (exact) mass is 325 g/mol. The lowest BCUT2D eigenvalue weighted by Gasteiger charge is -2.44. The van der Waals surface area contributed by atoms with Gasteiger partial charge in [-0.05, 0) is 44.0 Å². The Hall–Kier alpha value is -1.02. The summed E-state index contributed by atoms with van der Waals surface area (Å²) in [6, 6.07) is 6.50. The Morgan fingerprint density at radius 2 is 2.05 bits per heavy atom. The lowest BCUT2D eigenvalue weighted by atomic mass is 9.85. The number of nitrogens with one attached hydrogen (secondary N) is 1. The van der Waals surface area contributed by atoms with Gasteiger partial charge in [0.2, 0.25) is 10.0 Å². The van der Waals surface area contributed by atoms with Crippen molar-refractivity contribution in [2.45, 2.75) is 23.8 Å². The largest absolute Gasteiger partial charge is 0.389 e. The van der Waals surface area contributed by atoms with Crippen molar-refractivity contribution in [1.82, 2.24) is 9.62 Å². The molecule has 3 aliphatic heterocycles. The lowest BCUT2D eigenvalue weighted by molar-refractivity contribution is 0.0827. The molecule has 1 aromatic rings. The van der Waals surface area contributed by atoms with Gasteiger partial charge in [0.15, 0.2) is 0 Å². The van der Waals surface area contributed by atoms with E-state index in [-0.39, 0.29) is 15.9 Å². The number of benzene rings is 1. The molecule has 21 heavy (non-hydrogen) atoms. The van der Waals surface area contributed by atoms with Gasteiger partial charge in [0.25, 0.3) is 0 Å². The van der Waals surface area contributed by atoms with Crippen LogP contribution in [0.2, 0.25) is 0 Å². The molecule has 0 aliphatic carbocycles. The predicted octanol–water partition coefficient (Wildman–Crippen LogP) is 0.693. The van der Waals surface area contributed by atoms with Crippen LogP contribution >= 0.6 is 12.2 Å². The Balaban J connectivity index is 1.81. The Morgan fingerprint density at radius 1 is 1.33 bits per heavy atom. The fourth-order valence-electron chi connectivity index (χ4n) is 3.18. The standard InChI is InChI=1S/C14H19N3O2S2/c15-14(20)11-2-1-3-12(8-11)21(18,19)16-13-9-17-6-4-10(13)5-7-17/h1-3,8,10,13,16H,4-7,9H2,(H2,15,20). The van der Waals surface area contributed by atoms with Gasteiger partial charge >= 0.3 is 0 Å². The van der Waals surface area contributed by atoms with Crippen LogP contribution in [0.5, 0.6) is 0 Å². The van der Waals surface area contributed by atoms with E-state index < -0.39 is 10.0 Å². The predicted molar refractivity (Wildman–Crippen MR) is 85.6 cm³/mol. The molecule has 0 radical (unpaired) electrons. The molecule has 3 heterocycles. The molecular formula is C14H19N3O2S2. The van der Waals surface area contributed by atoms with Crippen molar-refractivity contribution in [2.24, 2.45) is 11.7 Å². The first-order valence-electron chi connectivity index (χ1n) is 7.10. The number of rotatable bonds is 4. The van der Waals surface area contributed by atoms with E-state index in [1.807, 2.05) is 0 Å². The van der Waals surface area contributed by atoms with Crippen LogP contribution in [-0.4, -0.2) is 44.0 Å². The summed E-state index contributed by atoms with van der Waals surface area (Å²) in [6.07, 6.45) is 2.14. The summed E-state index contributed by atoms with van der Waals surface area (Å²) >= 11 is 4.91. The third-order valence-corrected chi connectivity index (χ3v) is 6.11. The van der Waals surface area contributed by atoms with E-state index in [1.165, 1.54) is 6.07 Å². The van der Waals surface area contributed by atoms with E-state index in [0.717, 1.165) is 32.5 Å². The average Bonchev–Trinajstić information content (AvgIpc) is 2.48. The quantitative estimate of drug-likeness (QED) is 0.797. The fourth-order valence-corrected chi connectivity index (χ4v) is 4.65. The second-order valence-electron chi connectivity index (χ2n) is 5.76. The number of sulfonamides is 1. The fraction of sp³-hybridized carbons (Fsp3) is 0.500. The van der Waals surface area contributed by atoms with Gasteiger partial charge in [0, 0.05) is 18.2 Å². The van der Waals surface area contributed by atoms with E-state index in [9.17, 15) is 8.42 Å². The zero-order chi connectivity index (χ0) is 15.0. The van der Waals surface area contributed by atoms with Gasteiger partial charge in [0.05, 0.1) is 4.90 Å². The molecule has 0 spiro atoms. The van der Waals surface area contributed by atoms with Crippen LogP contribution in [0.15, 0.2) is 29.2 Å². The number of nitrogens with two attached hydrogens (primary N) is 1. The highest BCUT2D eigenvalue weighted by molar-refractivity contribution is 7.89. The Labute approximate surface area is 130 Å². The first-order chi connectivity index (χ1) is 9.95. The van der Waals surface area contributed by atoms with Gasteiger partial charge in [-0.1, -0.05) is 24.4 Å². The molecule has 1 aromatic carbocycles. The van der Waals surface area contributed by atoms with Crippen LogP contribution < -0.4 is 10.5 Å². The molecule has 114 valence electrons. The minimum atomic E-state index is -3.53. The second-order valence-corrected chi connectivity index (χ2v) is 7.91. The van der Waals surface area contributed by atoms with Crippen molar-refractivity contribution in [2.75, 3.05) is 19.6 Å². The summed E-state index contributed by atoms with van der Waals surface area (Å²) in [5.74, 6) is 0.448. The van der Waals surface area contributed by atoms with Crippen molar-refractivity contribution in [3.63, 3.8) is 0 Å². The number of piperidine rings is 3. The summed E-state index contributed by atoms with van der Waals surface area (Å²) in [7, 11) is -3.53. The first-order valence-corrected chi connectivity index (χ1v) is 8.99. The molecule has 3 N–H and O–H groups in total. The molecular weight excluding hydrogens is 306 g/mol. The van der Waals surface area contributed by atoms with Gasteiger partial charge in [-0.15, -0.1) is 0 Å². The van der Waals surface area contributed by atoms with Crippen molar-refractivity contribution >= 4 is 27.2 Å². The zero-order valence-electron chi connectivity index (χ0n) is 11.7. The smallest absolute Gasteiger partial charge is 0.240 e. The Kier molecular flexibility index (Phi) is 4.00. The van der Waals surface area contributed by atoms with Crippen LogP contribution in [0.25, 0.3) is 0 Å². The molecule has 3 aliphatic rings. The van der Waals surface area contributed by atoms with Gasteiger partial charge in [0.1, 0.15) is 4.99 Å². The number of hydrogen-bond acceptors (Lipinski definition) is 4. The summed E-state index contributed by atoms with van der Waals surface area (Å²) < 4.78 is 27.9. The number of nitrogens with zero attached hydrogens (tertiary/aromatic N) is 1. The number of fused-ring (bicyclic) bond motifs is 3. The summed E-state index contributed by atoms with van der Waals surface area (Å²) in [5.41, 5.74) is 6.14. The van der Waals surface area contributed by atoms with Crippen LogP contribution in [0.4, 0.5) is 0 Å². The molecule has 0 saturated carbocycles. The highest BCUT2D eigenvalue weighted by Crippen LogP contribution is 2.28. The molecule has 0 aromatic heterocycles. The molecule has 3 fully saturated rings. The SMILES string of the molecule is NC(=S)c1cccc(S(=O)(=O)NC2CN3CCC2CC3)c1. The molecule has 2 bridgehead atoms. The normalized spacial score (nSPS) is 28.5. The van der Waals surface area contributed by atoms with Crippen LogP contribution in [-0.2, 0) is 10.0 Å². The first kappa shape index (κ1) is 14.9. The average molecular weight is 325 g/mol. The molecule has 0 amide bonds. The van der Waals surface area contributed by atoms with Crippen molar-refractivity contribution in [1.29, 1.82) is 0 Å². The van der Waals surface area contributed by atoms with E-state index in [4.69, 9.17) is 18.0 Å². The molecule has 5 nitrogen and oxygen atoms in total. The van der Waals surface area contributed by atoms with E-state index in [1.54, 1.807) is 18.2 Å². The van der Waals surface area contributed by atoms with Gasteiger partial charge < -0.3 is 10.6 Å². The number of hydrogen-bond donors (Lipinski definition) is 2. The van der Waals surface area contributed by atoms with Crippen LogP contribution in [0, 0.1) is 5.92 Å². The third-order valence-electron chi connectivity index (χ3n) is 4.39. The maximum Gasteiger partial charge on any atom is 0.240 e. The minimum Gasteiger partial charge on any atom is -0.389 e. The maximum atomic E-state index is 12.5. The molecule has 3 saturated heterocycles. The third kappa shape index (κ3) is 3.11. The van der Waals surface area contributed by atoms with E-state index >= 15 is 0 Å². The summed E-state index contributed by atoms with van der Waals surface area (Å²) in [5, 5.41) is 0. The van der Waals surface area contributed by atoms with E-state index in [2.05, 4.69) is 9.62 Å². The lowest BCUT2D eigenvalue weighted by Crippen LogP contribution is -2.57. The van der Waals surface area contributed by atoms with Crippen molar-refractivity contribution < 1.29 is 8.42 Å². The highest BCUT2D eigenvalue weighted by atomic mass is 32.2. The molecule has 7 heteroatoms. The highest BCUT2D eigenvalue weighted by Gasteiger charge is 2.36. The van der Waals surface area contributed by atoms with Crippen LogP contribution in [0.3, 0.4) is 0 Å². The van der Waals surface area contributed by atoms with Gasteiger partial charge in [-0.3, -0.25) is 0 Å². The molecule has 1 unspecified atom stereocenters. The van der Waals surface area contributed by atoms with Gasteiger partial charge in [-0.2, -0.15) is 0 Å². The maximum absolute atomic E-state index is 12.5. The minimum absolute atomic E-state index is 0.00554. The zero-order valence-corrected chi connectivity index (χ0v) is 13.3. The number of thiocarbonyl (C=S) groups is 1.